The number of amides is 1. The molecule has 11 heteroatoms. The van der Waals surface area contributed by atoms with E-state index in [2.05, 4.69) is 0 Å². The summed E-state index contributed by atoms with van der Waals surface area (Å²) in [5.74, 6) is -2.33. The second kappa shape index (κ2) is 10.7. The maximum Gasteiger partial charge on any atom is 0.264 e. The molecule has 0 saturated heterocycles. The molecule has 0 fully saturated rings. The van der Waals surface area contributed by atoms with E-state index in [0.717, 1.165) is 24.0 Å². The van der Waals surface area contributed by atoms with Crippen LogP contribution in [0.4, 0.5) is 0 Å². The van der Waals surface area contributed by atoms with Gasteiger partial charge in [0, 0.05) is 13.0 Å². The van der Waals surface area contributed by atoms with Crippen LogP contribution in [0, 0.1) is 17.8 Å². The van der Waals surface area contributed by atoms with Crippen molar-refractivity contribution < 1.29 is 34.8 Å². The monoisotopic (exact) mass is 431 g/mol. The maximum atomic E-state index is 12.5. The van der Waals surface area contributed by atoms with Gasteiger partial charge in [-0.3, -0.25) is 18.0 Å². The fourth-order valence-electron chi connectivity index (χ4n) is 3.05. The van der Waals surface area contributed by atoms with Gasteiger partial charge < -0.3 is 0 Å². The van der Waals surface area contributed by atoms with Crippen LogP contribution in [0.15, 0.2) is 0 Å². The van der Waals surface area contributed by atoms with Crippen LogP contribution in [-0.4, -0.2) is 66.7 Å². The summed E-state index contributed by atoms with van der Waals surface area (Å²) in [5.41, 5.74) is 0. The van der Waals surface area contributed by atoms with Crippen molar-refractivity contribution in [2.24, 2.45) is 17.8 Å². The van der Waals surface area contributed by atoms with Gasteiger partial charge in [-0.05, 0) is 12.3 Å². The predicted octanol–water partition coefficient (Wildman–Crippen LogP) is 1.40. The third-order valence-electron chi connectivity index (χ3n) is 4.38. The summed E-state index contributed by atoms with van der Waals surface area (Å²) in [6.45, 7) is 6.89. The number of carbonyl (C=O) groups excluding carboxylic acids is 1. The quantitative estimate of drug-likeness (QED) is 0.336. The van der Waals surface area contributed by atoms with Crippen LogP contribution in [0.2, 0.25) is 0 Å². The molecule has 162 valence electrons. The molecule has 0 aliphatic rings. The van der Waals surface area contributed by atoms with Gasteiger partial charge >= 0.3 is 0 Å². The van der Waals surface area contributed by atoms with Crippen molar-refractivity contribution in [3.05, 3.63) is 0 Å². The molecule has 0 N–H and O–H groups in total. The molecule has 0 saturated carbocycles. The van der Waals surface area contributed by atoms with E-state index in [0.29, 0.717) is 6.42 Å². The summed E-state index contributed by atoms with van der Waals surface area (Å²) in [4.78, 5) is 17.3. The maximum absolute atomic E-state index is 12.5. The van der Waals surface area contributed by atoms with Gasteiger partial charge in [0.2, 0.25) is 0 Å². The van der Waals surface area contributed by atoms with Crippen molar-refractivity contribution >= 4 is 26.1 Å². The predicted molar refractivity (Wildman–Crippen MR) is 102 cm³/mol. The highest BCUT2D eigenvalue weighted by Crippen LogP contribution is 2.31. The standard InChI is InChI=1S/C16H33NO8S2/c1-9-10-11(2)14(24-26(7,19)20)12(3)15(25-27(8,21)22)13(4)16(18)17(5)23-6/h11-15H,9-10H2,1-8H3/t11-,12-,13-,14+,15+/m0/s1. The Balaban J connectivity index is 5.97. The summed E-state index contributed by atoms with van der Waals surface area (Å²) in [7, 11) is -5.01. The largest absolute Gasteiger partial charge is 0.275 e. The van der Waals surface area contributed by atoms with E-state index in [-0.39, 0.29) is 5.92 Å². The Morgan fingerprint density at radius 2 is 1.41 bits per heavy atom. The van der Waals surface area contributed by atoms with Crippen molar-refractivity contribution in [1.82, 2.24) is 5.06 Å². The van der Waals surface area contributed by atoms with Gasteiger partial charge in [-0.25, -0.2) is 5.06 Å². The lowest BCUT2D eigenvalue weighted by Gasteiger charge is -2.36. The molecule has 5 atom stereocenters. The van der Waals surface area contributed by atoms with Gasteiger partial charge in [0.1, 0.15) is 0 Å². The molecule has 0 aliphatic heterocycles. The van der Waals surface area contributed by atoms with Gasteiger partial charge in [-0.1, -0.05) is 34.1 Å². The summed E-state index contributed by atoms with van der Waals surface area (Å²) in [5, 5.41) is 0.970. The molecule has 1 amide bonds. The molecule has 0 radical (unpaired) electrons. The van der Waals surface area contributed by atoms with Crippen LogP contribution in [0.3, 0.4) is 0 Å². The summed E-state index contributed by atoms with van der Waals surface area (Å²) in [6.07, 6.45) is 1.29. The van der Waals surface area contributed by atoms with E-state index < -0.39 is 50.2 Å². The van der Waals surface area contributed by atoms with E-state index in [1.54, 1.807) is 6.92 Å². The second-order valence-electron chi connectivity index (χ2n) is 6.96. The minimum absolute atomic E-state index is 0.201. The first-order valence-corrected chi connectivity index (χ1v) is 12.4. The van der Waals surface area contributed by atoms with Crippen LogP contribution in [0.5, 0.6) is 0 Å². The second-order valence-corrected chi connectivity index (χ2v) is 10.2. The average Bonchev–Trinajstić information content (AvgIpc) is 2.53. The van der Waals surface area contributed by atoms with Crippen molar-refractivity contribution in [3.63, 3.8) is 0 Å². The Morgan fingerprint density at radius 1 is 0.963 bits per heavy atom. The first-order valence-electron chi connectivity index (χ1n) is 8.72. The highest BCUT2D eigenvalue weighted by molar-refractivity contribution is 7.86. The number of hydrogen-bond acceptors (Lipinski definition) is 8. The van der Waals surface area contributed by atoms with Gasteiger partial charge in [0.05, 0.1) is 37.7 Å². The summed E-state index contributed by atoms with van der Waals surface area (Å²) >= 11 is 0. The van der Waals surface area contributed by atoms with E-state index in [4.69, 9.17) is 13.2 Å². The highest BCUT2D eigenvalue weighted by atomic mass is 32.2. The molecule has 0 unspecified atom stereocenters. The Labute approximate surface area is 163 Å². The molecule has 0 aliphatic carbocycles. The third kappa shape index (κ3) is 9.33. The van der Waals surface area contributed by atoms with Crippen LogP contribution in [0.25, 0.3) is 0 Å². The Bertz CT molecular complexity index is 677. The van der Waals surface area contributed by atoms with Gasteiger partial charge in [0.15, 0.2) is 0 Å². The zero-order chi connectivity index (χ0) is 21.6. The van der Waals surface area contributed by atoms with Crippen molar-refractivity contribution in [2.75, 3.05) is 26.7 Å². The molecule has 9 nitrogen and oxygen atoms in total. The molecule has 0 aromatic carbocycles. The molecule has 0 spiro atoms. The number of hydroxylamine groups is 2. The Kier molecular flexibility index (Phi) is 10.4. The van der Waals surface area contributed by atoms with E-state index >= 15 is 0 Å². The molecule has 0 heterocycles. The average molecular weight is 432 g/mol. The van der Waals surface area contributed by atoms with Crippen LogP contribution < -0.4 is 0 Å². The molecular formula is C16H33NO8S2. The highest BCUT2D eigenvalue weighted by Gasteiger charge is 2.41. The Morgan fingerprint density at radius 3 is 1.78 bits per heavy atom. The minimum Gasteiger partial charge on any atom is -0.275 e. The first kappa shape index (κ1) is 26.2. The van der Waals surface area contributed by atoms with Crippen LogP contribution >= 0.6 is 0 Å². The lowest BCUT2D eigenvalue weighted by Crippen LogP contribution is -2.47. The number of rotatable bonds is 12. The fourth-order valence-corrected chi connectivity index (χ4v) is 4.57. The third-order valence-corrected chi connectivity index (χ3v) is 5.52. The van der Waals surface area contributed by atoms with E-state index in [9.17, 15) is 21.6 Å². The van der Waals surface area contributed by atoms with Crippen molar-refractivity contribution in [1.29, 1.82) is 0 Å². The number of carbonyl (C=O) groups is 1. The Hall–Kier alpha value is -0.750. The van der Waals surface area contributed by atoms with Crippen LogP contribution in [-0.2, 0) is 38.2 Å². The zero-order valence-corrected chi connectivity index (χ0v) is 19.0. The lowest BCUT2D eigenvalue weighted by molar-refractivity contribution is -0.177. The molecule has 0 bridgehead atoms. The molecular weight excluding hydrogens is 398 g/mol. The van der Waals surface area contributed by atoms with Crippen LogP contribution in [0.1, 0.15) is 40.5 Å². The first-order chi connectivity index (χ1) is 12.1. The fraction of sp³-hybridized carbons (Fsp3) is 0.938. The zero-order valence-electron chi connectivity index (χ0n) is 17.3. The molecule has 0 aromatic heterocycles. The lowest BCUT2D eigenvalue weighted by atomic mass is 9.82. The SMILES string of the molecule is CCC[C@H](C)[C@@H](OS(C)(=O)=O)[C@H](C)[C@@H](OS(C)(=O)=O)[C@H](C)C(=O)N(C)OC. The summed E-state index contributed by atoms with van der Waals surface area (Å²) in [6, 6.07) is 0. The topological polar surface area (TPSA) is 116 Å². The number of nitrogens with zero attached hydrogens (tertiary/aromatic N) is 1. The van der Waals surface area contributed by atoms with Gasteiger partial charge in [0.25, 0.3) is 26.1 Å². The molecule has 0 aromatic rings. The molecule has 0 rings (SSSR count). The van der Waals surface area contributed by atoms with Crippen molar-refractivity contribution in [2.45, 2.75) is 52.7 Å². The summed E-state index contributed by atoms with van der Waals surface area (Å²) < 4.78 is 57.5. The normalized spacial score (nSPS) is 18.4. The van der Waals surface area contributed by atoms with Gasteiger partial charge in [-0.15, -0.1) is 0 Å². The molecule has 27 heavy (non-hydrogen) atoms. The van der Waals surface area contributed by atoms with Crippen molar-refractivity contribution in [3.8, 4) is 0 Å². The minimum atomic E-state index is -3.91. The smallest absolute Gasteiger partial charge is 0.264 e. The van der Waals surface area contributed by atoms with Gasteiger partial charge in [-0.2, -0.15) is 16.8 Å². The van der Waals surface area contributed by atoms with E-state index in [1.807, 2.05) is 13.8 Å². The van der Waals surface area contributed by atoms with E-state index in [1.165, 1.54) is 21.1 Å². The number of hydrogen-bond donors (Lipinski definition) is 0.